The maximum atomic E-state index is 12.4. The second kappa shape index (κ2) is 6.85. The number of nitrogens with one attached hydrogen (secondary N) is 1. The number of alkyl halides is 2. The van der Waals surface area contributed by atoms with Gasteiger partial charge in [0.1, 0.15) is 5.75 Å². The lowest BCUT2D eigenvalue weighted by Crippen LogP contribution is -2.52. The van der Waals surface area contributed by atoms with Crippen molar-refractivity contribution in [1.29, 1.82) is 0 Å². The Morgan fingerprint density at radius 2 is 1.95 bits per heavy atom. The molecule has 116 valence electrons. The third kappa shape index (κ3) is 3.91. The van der Waals surface area contributed by atoms with Crippen molar-refractivity contribution >= 4 is 5.91 Å². The van der Waals surface area contributed by atoms with E-state index in [-0.39, 0.29) is 17.9 Å². The number of amides is 1. The van der Waals surface area contributed by atoms with Crippen molar-refractivity contribution in [3.8, 4) is 5.75 Å². The molecule has 1 aliphatic rings. The Balaban J connectivity index is 2.16. The summed E-state index contributed by atoms with van der Waals surface area (Å²) in [7, 11) is 0. The van der Waals surface area contributed by atoms with Crippen molar-refractivity contribution in [2.45, 2.75) is 44.3 Å². The van der Waals surface area contributed by atoms with Crippen LogP contribution in [-0.4, -0.2) is 29.8 Å². The van der Waals surface area contributed by atoms with Crippen molar-refractivity contribution in [3.63, 3.8) is 0 Å². The van der Waals surface area contributed by atoms with E-state index >= 15 is 0 Å². The fraction of sp³-hybridized carbons (Fsp3) is 0.533. The normalized spacial score (nSPS) is 17.5. The van der Waals surface area contributed by atoms with Gasteiger partial charge in [-0.1, -0.05) is 31.4 Å². The van der Waals surface area contributed by atoms with E-state index in [4.69, 9.17) is 0 Å². The van der Waals surface area contributed by atoms with Gasteiger partial charge in [-0.3, -0.25) is 4.79 Å². The van der Waals surface area contributed by atoms with Crippen LogP contribution in [0.15, 0.2) is 24.3 Å². The Kier molecular flexibility index (Phi) is 5.12. The molecular formula is C15H19F2NO3. The summed E-state index contributed by atoms with van der Waals surface area (Å²) in [5.74, 6) is -0.656. The zero-order valence-corrected chi connectivity index (χ0v) is 11.6. The van der Waals surface area contributed by atoms with E-state index in [0.29, 0.717) is 12.8 Å². The molecule has 1 aliphatic carbocycles. The summed E-state index contributed by atoms with van der Waals surface area (Å²) in [5.41, 5.74) is -0.607. The van der Waals surface area contributed by atoms with E-state index in [9.17, 15) is 18.7 Å². The summed E-state index contributed by atoms with van der Waals surface area (Å²) in [6, 6.07) is 5.87. The predicted octanol–water partition coefficient (Wildman–Crippen LogP) is 2.71. The monoisotopic (exact) mass is 299 g/mol. The van der Waals surface area contributed by atoms with Gasteiger partial charge in [-0.15, -0.1) is 0 Å². The molecule has 0 aliphatic heterocycles. The molecule has 1 saturated carbocycles. The largest absolute Gasteiger partial charge is 0.434 e. The minimum Gasteiger partial charge on any atom is -0.434 e. The first-order valence-electron chi connectivity index (χ1n) is 7.03. The van der Waals surface area contributed by atoms with Gasteiger partial charge < -0.3 is 15.2 Å². The molecule has 0 saturated heterocycles. The van der Waals surface area contributed by atoms with Crippen LogP contribution in [0.2, 0.25) is 0 Å². The number of ether oxygens (including phenoxy) is 1. The molecule has 1 fully saturated rings. The number of rotatable bonds is 5. The van der Waals surface area contributed by atoms with E-state index in [0.717, 1.165) is 19.3 Å². The SMILES string of the molecule is O=C(NC1(CO)CCCCC1)c1ccccc1OC(F)F. The van der Waals surface area contributed by atoms with E-state index in [2.05, 4.69) is 10.1 Å². The topological polar surface area (TPSA) is 58.6 Å². The molecule has 0 radical (unpaired) electrons. The number of hydrogen-bond acceptors (Lipinski definition) is 3. The molecule has 0 bridgehead atoms. The highest BCUT2D eigenvalue weighted by Crippen LogP contribution is 2.29. The zero-order chi connectivity index (χ0) is 15.3. The Labute approximate surface area is 122 Å². The number of aliphatic hydroxyl groups excluding tert-OH is 1. The lowest BCUT2D eigenvalue weighted by molar-refractivity contribution is -0.0502. The molecular weight excluding hydrogens is 280 g/mol. The average Bonchev–Trinajstić information content (AvgIpc) is 2.48. The highest BCUT2D eigenvalue weighted by Gasteiger charge is 2.33. The zero-order valence-electron chi connectivity index (χ0n) is 11.6. The predicted molar refractivity (Wildman–Crippen MR) is 73.4 cm³/mol. The number of carbonyl (C=O) groups excluding carboxylic acids is 1. The number of carbonyl (C=O) groups is 1. The first-order valence-corrected chi connectivity index (χ1v) is 7.03. The van der Waals surface area contributed by atoms with E-state index in [1.807, 2.05) is 0 Å². The maximum absolute atomic E-state index is 12.4. The molecule has 0 spiro atoms. The summed E-state index contributed by atoms with van der Waals surface area (Å²) in [6.07, 6.45) is 4.30. The molecule has 1 aromatic rings. The first kappa shape index (κ1) is 15.7. The molecule has 0 atom stereocenters. The van der Waals surface area contributed by atoms with Gasteiger partial charge in [0.05, 0.1) is 17.7 Å². The van der Waals surface area contributed by atoms with E-state index in [1.54, 1.807) is 6.07 Å². The van der Waals surface area contributed by atoms with Gasteiger partial charge >= 0.3 is 6.61 Å². The van der Waals surface area contributed by atoms with Gasteiger partial charge in [-0.2, -0.15) is 8.78 Å². The van der Waals surface area contributed by atoms with Crippen LogP contribution in [0, 0.1) is 0 Å². The van der Waals surface area contributed by atoms with Crippen LogP contribution in [0.25, 0.3) is 0 Å². The molecule has 4 nitrogen and oxygen atoms in total. The lowest BCUT2D eigenvalue weighted by atomic mass is 9.82. The van der Waals surface area contributed by atoms with Crippen molar-refractivity contribution in [3.05, 3.63) is 29.8 Å². The van der Waals surface area contributed by atoms with Gasteiger partial charge in [0.15, 0.2) is 0 Å². The number of halogens is 2. The Morgan fingerprint density at radius 3 is 2.57 bits per heavy atom. The minimum absolute atomic E-state index is 0.0520. The standard InChI is InChI=1S/C15H19F2NO3/c16-14(17)21-12-7-3-2-6-11(12)13(20)18-15(10-19)8-4-1-5-9-15/h2-3,6-7,14,19H,1,4-5,8-10H2,(H,18,20). The van der Waals surface area contributed by atoms with Crippen molar-refractivity contribution < 1.29 is 23.4 Å². The molecule has 2 rings (SSSR count). The van der Waals surface area contributed by atoms with Crippen LogP contribution in [0.3, 0.4) is 0 Å². The Morgan fingerprint density at radius 1 is 1.29 bits per heavy atom. The maximum Gasteiger partial charge on any atom is 0.387 e. The second-order valence-electron chi connectivity index (χ2n) is 5.33. The Hall–Kier alpha value is -1.69. The number of benzene rings is 1. The van der Waals surface area contributed by atoms with Crippen LogP contribution in [0.5, 0.6) is 5.75 Å². The van der Waals surface area contributed by atoms with Crippen molar-refractivity contribution in [2.75, 3.05) is 6.61 Å². The second-order valence-corrected chi connectivity index (χ2v) is 5.33. The molecule has 0 unspecified atom stereocenters. The summed E-state index contributed by atoms with van der Waals surface area (Å²) in [5, 5.41) is 12.4. The molecule has 1 amide bonds. The van der Waals surface area contributed by atoms with Crippen molar-refractivity contribution in [1.82, 2.24) is 5.32 Å². The molecule has 6 heteroatoms. The fourth-order valence-electron chi connectivity index (χ4n) is 2.71. The van der Waals surface area contributed by atoms with Gasteiger partial charge in [0.2, 0.25) is 0 Å². The van der Waals surface area contributed by atoms with Crippen LogP contribution < -0.4 is 10.1 Å². The number of hydrogen-bond donors (Lipinski definition) is 2. The number of para-hydroxylation sites is 1. The van der Waals surface area contributed by atoms with E-state index < -0.39 is 18.1 Å². The van der Waals surface area contributed by atoms with Crippen LogP contribution in [-0.2, 0) is 0 Å². The molecule has 0 heterocycles. The van der Waals surface area contributed by atoms with Crippen LogP contribution >= 0.6 is 0 Å². The van der Waals surface area contributed by atoms with E-state index in [1.165, 1.54) is 18.2 Å². The van der Waals surface area contributed by atoms with Gasteiger partial charge in [-0.05, 0) is 25.0 Å². The summed E-state index contributed by atoms with van der Waals surface area (Å²) >= 11 is 0. The summed E-state index contributed by atoms with van der Waals surface area (Å²) in [6.45, 7) is -3.14. The summed E-state index contributed by atoms with van der Waals surface area (Å²) < 4.78 is 29.1. The molecule has 2 N–H and O–H groups in total. The lowest BCUT2D eigenvalue weighted by Gasteiger charge is -2.36. The smallest absolute Gasteiger partial charge is 0.387 e. The highest BCUT2D eigenvalue weighted by molar-refractivity contribution is 5.97. The quantitative estimate of drug-likeness (QED) is 0.879. The Bertz CT molecular complexity index is 488. The van der Waals surface area contributed by atoms with Gasteiger partial charge in [0.25, 0.3) is 5.91 Å². The molecule has 21 heavy (non-hydrogen) atoms. The van der Waals surface area contributed by atoms with Gasteiger partial charge in [0, 0.05) is 0 Å². The average molecular weight is 299 g/mol. The van der Waals surface area contributed by atoms with Gasteiger partial charge in [-0.25, -0.2) is 0 Å². The third-order valence-electron chi connectivity index (χ3n) is 3.84. The van der Waals surface area contributed by atoms with Crippen LogP contribution in [0.1, 0.15) is 42.5 Å². The highest BCUT2D eigenvalue weighted by atomic mass is 19.3. The first-order chi connectivity index (χ1) is 10.1. The third-order valence-corrected chi connectivity index (χ3v) is 3.84. The minimum atomic E-state index is -2.99. The van der Waals surface area contributed by atoms with Crippen molar-refractivity contribution in [2.24, 2.45) is 0 Å². The molecule has 1 aromatic carbocycles. The fourth-order valence-corrected chi connectivity index (χ4v) is 2.71. The molecule has 0 aromatic heterocycles. The van der Waals surface area contributed by atoms with Crippen LogP contribution in [0.4, 0.5) is 8.78 Å². The number of aliphatic hydroxyl groups is 1. The summed E-state index contributed by atoms with van der Waals surface area (Å²) in [4.78, 5) is 12.3.